The van der Waals surface area contributed by atoms with Gasteiger partial charge >= 0.3 is 12.1 Å². The topological polar surface area (TPSA) is 306 Å². The number of allylic oxidation sites excluding steroid dienone is 2. The molecule has 90 heavy (non-hydrogen) atoms. The number of amides is 2. The Kier molecular flexibility index (Phi) is 26.7. The van der Waals surface area contributed by atoms with Gasteiger partial charge in [-0.15, -0.1) is 0 Å². The molecule has 4 fully saturated rings. The van der Waals surface area contributed by atoms with Crippen LogP contribution in [0.5, 0.6) is 11.5 Å². The van der Waals surface area contributed by atoms with Gasteiger partial charge in [-0.05, 0) is 62.2 Å². The number of hydroxylamine groups is 1. The van der Waals surface area contributed by atoms with E-state index in [0.29, 0.717) is 0 Å². The number of carbonyl (C=O) groups is 4. The van der Waals surface area contributed by atoms with Crippen molar-refractivity contribution in [2.75, 3.05) is 65.7 Å². The Morgan fingerprint density at radius 3 is 2.24 bits per heavy atom. The van der Waals surface area contributed by atoms with Crippen LogP contribution in [0.4, 0.5) is 10.5 Å². The maximum absolute atomic E-state index is 15.7. The lowest BCUT2D eigenvalue weighted by atomic mass is 9.73. The number of hydrogen-bond donors (Lipinski definition) is 7. The van der Waals surface area contributed by atoms with Crippen molar-refractivity contribution in [2.45, 2.75) is 182 Å². The molecule has 2 unspecified atom stereocenters. The van der Waals surface area contributed by atoms with E-state index >= 15 is 4.79 Å². The molecule has 7 rings (SSSR count). The molecule has 498 valence electrons. The molecule has 0 radical (unpaired) electrons. The fourth-order valence-electron chi connectivity index (χ4n) is 11.6. The highest BCUT2D eigenvalue weighted by Gasteiger charge is 2.59. The predicted molar refractivity (Wildman–Crippen MR) is 338 cm³/mol. The summed E-state index contributed by atoms with van der Waals surface area (Å²) in [6, 6.07) is 1.92. The average molecular weight is 1340 g/mol. The van der Waals surface area contributed by atoms with Gasteiger partial charge in [-0.1, -0.05) is 78.7 Å². The van der Waals surface area contributed by atoms with Crippen molar-refractivity contribution < 1.29 is 101 Å². The van der Waals surface area contributed by atoms with Gasteiger partial charge in [0.1, 0.15) is 24.4 Å². The number of alkyl carbamates (subject to hydrolysis) is 1. The van der Waals surface area contributed by atoms with E-state index in [-0.39, 0.29) is 94.4 Å². The molecular weight excluding hydrogens is 1250 g/mol. The van der Waals surface area contributed by atoms with E-state index in [1.807, 2.05) is 47.1 Å². The van der Waals surface area contributed by atoms with Crippen molar-refractivity contribution >= 4 is 72.6 Å². The molecule has 4 heterocycles. The first kappa shape index (κ1) is 72.8. The Balaban J connectivity index is 1.29. The van der Waals surface area contributed by atoms with Crippen LogP contribution in [0.15, 0.2) is 59.5 Å². The molecule has 0 spiro atoms. The second kappa shape index (κ2) is 33.0. The summed E-state index contributed by atoms with van der Waals surface area (Å²) in [5.41, 5.74) is -0.435. The Morgan fingerprint density at radius 1 is 0.889 bits per heavy atom. The van der Waals surface area contributed by atoms with Gasteiger partial charge in [0, 0.05) is 67.4 Å². The maximum atomic E-state index is 15.7. The van der Waals surface area contributed by atoms with E-state index in [0.717, 1.165) is 7.11 Å². The van der Waals surface area contributed by atoms with E-state index in [1.165, 1.54) is 95.7 Å². The number of fused-ring (bicyclic) bond motifs is 2. The van der Waals surface area contributed by atoms with Crippen molar-refractivity contribution in [1.82, 2.24) is 16.1 Å². The summed E-state index contributed by atoms with van der Waals surface area (Å²) in [6.07, 6.45) is -6.96. The lowest BCUT2D eigenvalue weighted by Crippen LogP contribution is -2.66. The van der Waals surface area contributed by atoms with Crippen LogP contribution < -0.4 is 30.9 Å². The first-order chi connectivity index (χ1) is 42.9. The zero-order valence-corrected chi connectivity index (χ0v) is 56.1. The normalized spacial score (nSPS) is 34.7. The van der Waals surface area contributed by atoms with E-state index in [2.05, 4.69) is 51.7 Å². The third-order valence-corrected chi connectivity index (χ3v) is 20.9. The number of ketones is 1. The number of benzene rings is 1. The zero-order valence-electron chi connectivity index (χ0n) is 52.8. The molecule has 6 aliphatic rings. The number of aliphatic hydroxyl groups is 3. The number of carbonyl (C=O) groups excluding carboxylic acids is 4. The number of aliphatic hydroxyl groups excluding tert-OH is 2. The summed E-state index contributed by atoms with van der Waals surface area (Å²) in [4.78, 5) is 62.9. The number of methoxy groups -OCH3 is 5. The highest BCUT2D eigenvalue weighted by atomic mass is 33.5. The first-order valence-corrected chi connectivity index (χ1v) is 34.5. The number of thioether (sulfide) groups is 1. The van der Waals surface area contributed by atoms with Crippen molar-refractivity contribution in [3.63, 3.8) is 0 Å². The fraction of sp³-hybridized carbons (Fsp3) is 0.639. The number of ether oxygens (including phenoxy) is 13. The lowest BCUT2D eigenvalue weighted by molar-refractivity contribution is -0.371. The molecule has 1 aromatic carbocycles. The Bertz CT molecular complexity index is 2940. The molecule has 29 heteroatoms. The third-order valence-electron chi connectivity index (χ3n) is 16.0. The molecule has 0 saturated carbocycles. The van der Waals surface area contributed by atoms with Gasteiger partial charge in [0.25, 0.3) is 5.91 Å². The van der Waals surface area contributed by atoms with Gasteiger partial charge < -0.3 is 87.5 Å². The largest absolute Gasteiger partial charge is 0.493 e. The summed E-state index contributed by atoms with van der Waals surface area (Å²) >= 11 is 1.51. The zero-order chi connectivity index (χ0) is 65.8. The van der Waals surface area contributed by atoms with E-state index < -0.39 is 127 Å². The van der Waals surface area contributed by atoms with Crippen molar-refractivity contribution in [2.24, 2.45) is 5.92 Å². The molecule has 19 atom stereocenters. The number of anilines is 1. The van der Waals surface area contributed by atoms with Gasteiger partial charge in [0.2, 0.25) is 5.78 Å². The van der Waals surface area contributed by atoms with Crippen LogP contribution in [0.2, 0.25) is 0 Å². The molecule has 0 aromatic heterocycles. The van der Waals surface area contributed by atoms with Crippen LogP contribution in [0, 0.1) is 29.6 Å². The molecule has 1 aromatic rings. The van der Waals surface area contributed by atoms with Crippen molar-refractivity contribution in [3.05, 3.63) is 65.1 Å². The monoisotopic (exact) mass is 1340 g/mol. The van der Waals surface area contributed by atoms with Gasteiger partial charge in [-0.2, -0.15) is 17.2 Å². The van der Waals surface area contributed by atoms with Crippen LogP contribution in [0.1, 0.15) is 78.1 Å². The minimum absolute atomic E-state index is 0.0679. The lowest BCUT2D eigenvalue weighted by Gasteiger charge is -2.52. The highest BCUT2D eigenvalue weighted by molar-refractivity contribution is 9.09. The third kappa shape index (κ3) is 17.2. The number of nitrogens with one attached hydrogen (secondary N) is 4. The quantitative estimate of drug-likeness (QED) is 0.0128. The number of esters is 1. The highest BCUT2D eigenvalue weighted by Crippen LogP contribution is 2.46. The van der Waals surface area contributed by atoms with Crippen LogP contribution in [0.3, 0.4) is 0 Å². The van der Waals surface area contributed by atoms with Gasteiger partial charge in [0.15, 0.2) is 53.6 Å². The van der Waals surface area contributed by atoms with Crippen molar-refractivity contribution in [3.8, 4) is 35.2 Å². The van der Waals surface area contributed by atoms with Gasteiger partial charge in [0.05, 0.1) is 99.8 Å². The Hall–Kier alpha value is -4.58. The van der Waals surface area contributed by atoms with E-state index in [1.54, 1.807) is 20.1 Å². The summed E-state index contributed by atoms with van der Waals surface area (Å²) in [6.45, 7) is 16.6. The molecule has 7 N–H and O–H groups in total. The predicted octanol–water partition coefficient (Wildman–Crippen LogP) is 5.08. The summed E-state index contributed by atoms with van der Waals surface area (Å²) in [5, 5.41) is 44.7. The summed E-state index contributed by atoms with van der Waals surface area (Å²) in [5.74, 6) is 6.61. The second-order valence-corrected chi connectivity index (χ2v) is 27.7. The molecule has 2 amide bonds. The molecule has 2 bridgehead atoms. The summed E-state index contributed by atoms with van der Waals surface area (Å²) < 4.78 is 79.5. The molecule has 4 saturated heterocycles. The Labute approximate surface area is 541 Å². The average Bonchev–Trinajstić information content (AvgIpc) is 0.738. The van der Waals surface area contributed by atoms with E-state index in [4.69, 9.17) is 66.4 Å². The number of hydrogen-bond acceptors (Lipinski definition) is 27. The smallest absolute Gasteiger partial charge is 0.411 e. The van der Waals surface area contributed by atoms with Crippen LogP contribution >= 0.6 is 43.2 Å². The molecular formula is C61H84N4O21S4. The fourth-order valence-corrected chi connectivity index (χ4v) is 14.9. The minimum atomic E-state index is -2.62. The van der Waals surface area contributed by atoms with Gasteiger partial charge in [-0.3, -0.25) is 19.7 Å². The molecule has 25 nitrogen and oxygen atoms in total. The maximum Gasteiger partial charge on any atom is 0.411 e. The van der Waals surface area contributed by atoms with E-state index in [9.17, 15) is 29.7 Å². The molecule has 4 aliphatic heterocycles. The SMILES string of the molecule is C=C(OC)C(=O)Nc1cc(OC)c(OC)cc1C(=O)O[C@H]1CC(O[C@@H]2C(=O)C(NC(=O)OC)=C3C(=CCSSSC)[C@]2(O)C#CC=CC#C[C@@H]3O[C@]2(C)O[C@@H](C)[C@@H](NOC3C[C@H](O)[C@H](SC)[C@@H](C)O3)[C@H](C)[C@H]2O[C@H]2C[C@H](OC)[C@@H](NC(C)C)CO2)O[C@@H](C)[C@@H]1O. The van der Waals surface area contributed by atoms with Crippen LogP contribution in [0.25, 0.3) is 0 Å². The number of rotatable bonds is 25. The van der Waals surface area contributed by atoms with Crippen molar-refractivity contribution in [1.29, 1.82) is 0 Å². The van der Waals surface area contributed by atoms with Crippen LogP contribution in [-0.4, -0.2) is 214 Å². The van der Waals surface area contributed by atoms with Crippen LogP contribution in [-0.2, 0) is 66.5 Å². The second-order valence-electron chi connectivity index (χ2n) is 22.3. The standard InChI is InChI=1S/C61H84N4O21S4/c1-30(2)62-39-29-78-46(27-42(39)74-10)82-55-31(3)50(65-86-48-26-40(66)54(87-14)34(6)80-48)32(4)84-60(55,8)85-41-20-18-16-17-19-22-61(72)37(21-23-89-90-88-15)49(41)51(64-59(71)77-13)53(68)56(61)83-47-28-45(52(67)33(5)79-47)81-58(70)36-24-43(75-11)44(76-12)25-38(36)63-57(69)35(7)73-9/h16-17,21,24-25,30-34,39-42,45-48,50,52,54-56,62,65-67,72H,7,23,26-29H2,1-6,8-15H3,(H,63,69)(H,64,71)/t31-,32-,33-,34+,39-,40-,41-,42-,45-,46-,47?,48?,50-,52-,54+,55+,56+,60-,61+/m0/s1. The Morgan fingerprint density at radius 2 is 1.59 bits per heavy atom. The first-order valence-electron chi connectivity index (χ1n) is 29.2. The number of Topliss-reactive ketones (excluding diaryl/α,β-unsaturated/α-hetero) is 1. The minimum Gasteiger partial charge on any atom is -0.493 e. The van der Waals surface area contributed by atoms with Gasteiger partial charge in [-0.25, -0.2) is 9.59 Å². The molecule has 2 aliphatic carbocycles. The summed E-state index contributed by atoms with van der Waals surface area (Å²) in [7, 11) is 11.0.